The summed E-state index contributed by atoms with van der Waals surface area (Å²) in [6.07, 6.45) is -3.60. The number of benzene rings is 2. The molecule has 0 bridgehead atoms. The largest absolute Gasteiger partial charge is 0.417 e. The molecule has 0 unspecified atom stereocenters. The minimum absolute atomic E-state index is 0.0247. The van der Waals surface area contributed by atoms with Crippen molar-refractivity contribution < 1.29 is 13.2 Å². The van der Waals surface area contributed by atoms with Crippen LogP contribution in [0.3, 0.4) is 0 Å². The van der Waals surface area contributed by atoms with E-state index in [0.29, 0.717) is 27.7 Å². The molecule has 0 aliphatic rings. The van der Waals surface area contributed by atoms with Gasteiger partial charge in [-0.2, -0.15) is 13.2 Å². The number of hydrogen-bond donors (Lipinski definition) is 1. The molecule has 0 amide bonds. The van der Waals surface area contributed by atoms with E-state index in [0.717, 1.165) is 28.9 Å². The van der Waals surface area contributed by atoms with Crippen LogP contribution in [0.1, 0.15) is 37.5 Å². The van der Waals surface area contributed by atoms with Gasteiger partial charge in [-0.3, -0.25) is 4.98 Å². The molecule has 160 valence electrons. The van der Waals surface area contributed by atoms with E-state index < -0.39 is 11.7 Å². The number of halogens is 4. The zero-order chi connectivity index (χ0) is 22.6. The summed E-state index contributed by atoms with van der Waals surface area (Å²) >= 11 is 6.50. The first kappa shape index (κ1) is 21.4. The molecule has 0 fully saturated rings. The zero-order valence-corrected chi connectivity index (χ0v) is 18.3. The van der Waals surface area contributed by atoms with E-state index in [-0.39, 0.29) is 5.41 Å². The molecule has 0 saturated carbocycles. The molecule has 2 aromatic heterocycles. The molecule has 0 aliphatic carbocycles. The molecule has 0 radical (unpaired) electrons. The third-order valence-corrected chi connectivity index (χ3v) is 5.56. The lowest BCUT2D eigenvalue weighted by atomic mass is 9.87. The van der Waals surface area contributed by atoms with Gasteiger partial charge in [0.15, 0.2) is 0 Å². The number of aromatic nitrogens is 3. The van der Waals surface area contributed by atoms with Gasteiger partial charge in [0.2, 0.25) is 0 Å². The van der Waals surface area contributed by atoms with Gasteiger partial charge < -0.3 is 4.98 Å². The summed E-state index contributed by atoms with van der Waals surface area (Å²) in [5.41, 5.74) is 4.41. The van der Waals surface area contributed by atoms with Gasteiger partial charge >= 0.3 is 6.18 Å². The number of rotatable bonds is 2. The molecular formula is C24H21ClF3N3. The highest BCUT2D eigenvalue weighted by molar-refractivity contribution is 6.33. The predicted molar refractivity (Wildman–Crippen MR) is 118 cm³/mol. The number of imidazole rings is 1. The Bertz CT molecular complexity index is 1280. The van der Waals surface area contributed by atoms with Crippen LogP contribution in [-0.2, 0) is 11.6 Å². The topological polar surface area (TPSA) is 41.6 Å². The molecule has 4 rings (SSSR count). The van der Waals surface area contributed by atoms with Crippen LogP contribution in [0.2, 0.25) is 5.02 Å². The van der Waals surface area contributed by atoms with Crippen molar-refractivity contribution in [3.8, 4) is 22.6 Å². The number of nitrogens with one attached hydrogen (secondary N) is 1. The van der Waals surface area contributed by atoms with Crippen LogP contribution in [0.5, 0.6) is 0 Å². The normalized spacial score (nSPS) is 12.5. The molecule has 0 atom stereocenters. The van der Waals surface area contributed by atoms with Gasteiger partial charge in [0, 0.05) is 17.3 Å². The van der Waals surface area contributed by atoms with Crippen molar-refractivity contribution in [1.29, 1.82) is 0 Å². The molecule has 31 heavy (non-hydrogen) atoms. The van der Waals surface area contributed by atoms with Gasteiger partial charge in [-0.1, -0.05) is 50.6 Å². The minimum Gasteiger partial charge on any atom is -0.338 e. The van der Waals surface area contributed by atoms with Gasteiger partial charge in [0.1, 0.15) is 5.82 Å². The lowest BCUT2D eigenvalue weighted by Crippen LogP contribution is -2.10. The highest BCUT2D eigenvalue weighted by atomic mass is 35.5. The number of pyridine rings is 1. The first-order valence-corrected chi connectivity index (χ1v) is 10.2. The highest BCUT2D eigenvalue weighted by Gasteiger charge is 2.31. The summed E-state index contributed by atoms with van der Waals surface area (Å²) in [6.45, 7) is 8.05. The minimum atomic E-state index is -4.43. The standard InChI is InChI=1S/C24H21ClF3N3/c1-13-9-16(24(26,27)28)12-29-21(13)17-7-5-14(10-18(17)25)22-30-19-8-6-15(23(2,3)4)11-20(19)31-22/h5-12H,1-4H3,(H,30,31). The summed E-state index contributed by atoms with van der Waals surface area (Å²) < 4.78 is 38.8. The lowest BCUT2D eigenvalue weighted by Gasteiger charge is -2.18. The van der Waals surface area contributed by atoms with Crippen molar-refractivity contribution in [2.75, 3.05) is 0 Å². The Balaban J connectivity index is 1.71. The quantitative estimate of drug-likeness (QED) is 0.347. The van der Waals surface area contributed by atoms with Crippen molar-refractivity contribution in [2.24, 2.45) is 0 Å². The first-order chi connectivity index (χ1) is 14.4. The maximum absolute atomic E-state index is 12.9. The predicted octanol–water partition coefficient (Wildman–Crippen LogP) is 7.57. The van der Waals surface area contributed by atoms with E-state index in [9.17, 15) is 13.2 Å². The molecule has 7 heteroatoms. The SMILES string of the molecule is Cc1cc(C(F)(F)F)cnc1-c1ccc(-c2nc3ccc(C(C)(C)C)cc3[nH]2)cc1Cl. The van der Waals surface area contributed by atoms with Gasteiger partial charge in [-0.15, -0.1) is 0 Å². The Labute approximate surface area is 183 Å². The Morgan fingerprint density at radius 2 is 1.68 bits per heavy atom. The van der Waals surface area contributed by atoms with E-state index in [2.05, 4.69) is 47.9 Å². The van der Waals surface area contributed by atoms with Crippen LogP contribution in [0.25, 0.3) is 33.7 Å². The maximum Gasteiger partial charge on any atom is 0.417 e. The summed E-state index contributed by atoms with van der Waals surface area (Å²) in [5.74, 6) is 0.673. The second-order valence-corrected chi connectivity index (χ2v) is 9.06. The van der Waals surface area contributed by atoms with Crippen molar-refractivity contribution in [3.63, 3.8) is 0 Å². The van der Waals surface area contributed by atoms with Crippen LogP contribution in [0.15, 0.2) is 48.7 Å². The van der Waals surface area contributed by atoms with Gasteiger partial charge in [0.05, 0.1) is 27.3 Å². The molecule has 2 heterocycles. The fourth-order valence-electron chi connectivity index (χ4n) is 3.48. The summed E-state index contributed by atoms with van der Waals surface area (Å²) in [7, 11) is 0. The third kappa shape index (κ3) is 4.17. The van der Waals surface area contributed by atoms with Crippen molar-refractivity contribution in [2.45, 2.75) is 39.3 Å². The zero-order valence-electron chi connectivity index (χ0n) is 17.5. The number of hydrogen-bond acceptors (Lipinski definition) is 2. The number of alkyl halides is 3. The summed E-state index contributed by atoms with van der Waals surface area (Å²) in [6, 6.07) is 12.6. The fraction of sp³-hybridized carbons (Fsp3) is 0.250. The first-order valence-electron chi connectivity index (χ1n) is 9.78. The van der Waals surface area contributed by atoms with E-state index in [4.69, 9.17) is 11.6 Å². The number of H-pyrrole nitrogens is 1. The molecule has 3 nitrogen and oxygen atoms in total. The van der Waals surface area contributed by atoms with Crippen LogP contribution < -0.4 is 0 Å². The van der Waals surface area contributed by atoms with Crippen molar-refractivity contribution >= 4 is 22.6 Å². The maximum atomic E-state index is 12.9. The van der Waals surface area contributed by atoms with Gasteiger partial charge in [-0.25, -0.2) is 4.98 Å². The summed E-state index contributed by atoms with van der Waals surface area (Å²) in [5, 5.41) is 0.392. The highest BCUT2D eigenvalue weighted by Crippen LogP contribution is 2.36. The molecule has 0 spiro atoms. The van der Waals surface area contributed by atoms with Gasteiger partial charge in [0.25, 0.3) is 0 Å². The number of fused-ring (bicyclic) bond motifs is 1. The second-order valence-electron chi connectivity index (χ2n) is 8.65. The van der Waals surface area contributed by atoms with Crippen LogP contribution in [0, 0.1) is 6.92 Å². The molecule has 1 N–H and O–H groups in total. The number of aromatic amines is 1. The van der Waals surface area contributed by atoms with E-state index in [1.165, 1.54) is 5.56 Å². The van der Waals surface area contributed by atoms with E-state index >= 15 is 0 Å². The fourth-order valence-corrected chi connectivity index (χ4v) is 3.75. The second kappa shape index (κ2) is 7.38. The summed E-state index contributed by atoms with van der Waals surface area (Å²) in [4.78, 5) is 12.0. The third-order valence-electron chi connectivity index (χ3n) is 5.25. The van der Waals surface area contributed by atoms with Crippen LogP contribution in [-0.4, -0.2) is 15.0 Å². The Morgan fingerprint density at radius 3 is 2.29 bits per heavy atom. The van der Waals surface area contributed by atoms with Crippen molar-refractivity contribution in [1.82, 2.24) is 15.0 Å². The average Bonchev–Trinajstić information content (AvgIpc) is 3.10. The van der Waals surface area contributed by atoms with Crippen LogP contribution >= 0.6 is 11.6 Å². The van der Waals surface area contributed by atoms with Crippen LogP contribution in [0.4, 0.5) is 13.2 Å². The monoisotopic (exact) mass is 443 g/mol. The number of nitrogens with zero attached hydrogens (tertiary/aromatic N) is 2. The molecule has 4 aromatic rings. The smallest absolute Gasteiger partial charge is 0.338 e. The lowest BCUT2D eigenvalue weighted by molar-refractivity contribution is -0.137. The Hall–Kier alpha value is -2.86. The number of aryl methyl sites for hydroxylation is 1. The Kier molecular flexibility index (Phi) is 5.09. The van der Waals surface area contributed by atoms with E-state index in [1.807, 2.05) is 12.1 Å². The molecule has 0 aliphatic heterocycles. The molecular weight excluding hydrogens is 423 g/mol. The molecule has 0 saturated heterocycles. The van der Waals surface area contributed by atoms with Crippen molar-refractivity contribution in [3.05, 3.63) is 70.4 Å². The van der Waals surface area contributed by atoms with Gasteiger partial charge in [-0.05, 0) is 47.7 Å². The van der Waals surface area contributed by atoms with E-state index in [1.54, 1.807) is 19.1 Å². The average molecular weight is 444 g/mol. The Morgan fingerprint density at radius 1 is 0.935 bits per heavy atom. The molecule has 2 aromatic carbocycles.